The lowest BCUT2D eigenvalue weighted by molar-refractivity contribution is -0.122. The van der Waals surface area contributed by atoms with E-state index in [4.69, 9.17) is 5.73 Å². The molecular weight excluding hydrogens is 290 g/mol. The molecule has 6 heteroatoms. The maximum Gasteiger partial charge on any atom is 0.251 e. The Morgan fingerprint density at radius 1 is 1.14 bits per heavy atom. The molecule has 21 heavy (non-hydrogen) atoms. The third kappa shape index (κ3) is 5.73. The smallest absolute Gasteiger partial charge is 0.251 e. The Morgan fingerprint density at radius 2 is 1.71 bits per heavy atom. The second kappa shape index (κ2) is 9.37. The van der Waals surface area contributed by atoms with Gasteiger partial charge in [-0.3, -0.25) is 9.59 Å². The van der Waals surface area contributed by atoms with E-state index in [-0.39, 0.29) is 36.3 Å². The van der Waals surface area contributed by atoms with Crippen LogP contribution in [-0.4, -0.2) is 30.4 Å². The standard InChI is InChI=1S/C15H23N3O2.ClH/c1-3-15(4-2,11-16)18-13(19)10-17-14(20)12-8-6-5-7-9-12;/h5-9H,3-4,10-11,16H2,1-2H3,(H,17,20)(H,18,19);1H. The van der Waals surface area contributed by atoms with E-state index in [2.05, 4.69) is 10.6 Å². The minimum Gasteiger partial charge on any atom is -0.348 e. The van der Waals surface area contributed by atoms with Gasteiger partial charge in [0.05, 0.1) is 12.1 Å². The van der Waals surface area contributed by atoms with Crippen LogP contribution in [0.25, 0.3) is 0 Å². The normalized spacial score (nSPS) is 10.4. The van der Waals surface area contributed by atoms with Crippen LogP contribution in [0.1, 0.15) is 37.0 Å². The Hall–Kier alpha value is -1.59. The fourth-order valence-corrected chi connectivity index (χ4v) is 1.96. The molecule has 0 saturated heterocycles. The molecule has 1 aromatic carbocycles. The second-order valence-corrected chi connectivity index (χ2v) is 4.79. The number of hydrogen-bond donors (Lipinski definition) is 3. The molecule has 4 N–H and O–H groups in total. The first-order chi connectivity index (χ1) is 9.56. The van der Waals surface area contributed by atoms with E-state index in [9.17, 15) is 9.59 Å². The summed E-state index contributed by atoms with van der Waals surface area (Å²) in [5.74, 6) is -0.476. The third-order valence-electron chi connectivity index (χ3n) is 3.59. The molecule has 0 fully saturated rings. The summed E-state index contributed by atoms with van der Waals surface area (Å²) in [5, 5.41) is 5.51. The molecule has 2 amide bonds. The Bertz CT molecular complexity index is 439. The monoisotopic (exact) mass is 313 g/mol. The van der Waals surface area contributed by atoms with Gasteiger partial charge < -0.3 is 16.4 Å². The second-order valence-electron chi connectivity index (χ2n) is 4.79. The average Bonchev–Trinajstić information content (AvgIpc) is 2.51. The van der Waals surface area contributed by atoms with Crippen molar-refractivity contribution < 1.29 is 9.59 Å². The van der Waals surface area contributed by atoms with Gasteiger partial charge >= 0.3 is 0 Å². The minimum atomic E-state index is -0.380. The maximum absolute atomic E-state index is 11.9. The van der Waals surface area contributed by atoms with Gasteiger partial charge in [0.25, 0.3) is 5.91 Å². The highest BCUT2D eigenvalue weighted by molar-refractivity contribution is 5.96. The first kappa shape index (κ1) is 19.4. The van der Waals surface area contributed by atoms with E-state index in [1.165, 1.54) is 0 Å². The Kier molecular flexibility index (Phi) is 8.66. The van der Waals surface area contributed by atoms with Crippen LogP contribution in [0.4, 0.5) is 0 Å². The predicted octanol–water partition coefficient (Wildman–Crippen LogP) is 1.47. The first-order valence-corrected chi connectivity index (χ1v) is 6.91. The molecule has 0 bridgehead atoms. The van der Waals surface area contributed by atoms with Crippen molar-refractivity contribution in [2.45, 2.75) is 32.2 Å². The molecule has 0 unspecified atom stereocenters. The number of carbonyl (C=O) groups excluding carboxylic acids is 2. The molecule has 118 valence electrons. The van der Waals surface area contributed by atoms with Gasteiger partial charge in [-0.05, 0) is 25.0 Å². The largest absolute Gasteiger partial charge is 0.348 e. The zero-order valence-electron chi connectivity index (χ0n) is 12.5. The van der Waals surface area contributed by atoms with Gasteiger partial charge in [-0.15, -0.1) is 12.4 Å². The lowest BCUT2D eigenvalue weighted by Gasteiger charge is -2.31. The number of rotatable bonds is 7. The van der Waals surface area contributed by atoms with Crippen LogP contribution in [0.2, 0.25) is 0 Å². The predicted molar refractivity (Wildman–Crippen MR) is 86.5 cm³/mol. The average molecular weight is 314 g/mol. The van der Waals surface area contributed by atoms with Crippen molar-refractivity contribution in [2.75, 3.05) is 13.1 Å². The molecule has 0 heterocycles. The van der Waals surface area contributed by atoms with E-state index in [1.807, 2.05) is 19.9 Å². The van der Waals surface area contributed by atoms with Crippen LogP contribution in [0, 0.1) is 0 Å². The van der Waals surface area contributed by atoms with Gasteiger partial charge in [-0.25, -0.2) is 0 Å². The Balaban J connectivity index is 0.00000400. The minimum absolute atomic E-state index is 0. The first-order valence-electron chi connectivity index (χ1n) is 6.91. The highest BCUT2D eigenvalue weighted by Gasteiger charge is 2.26. The number of nitrogens with two attached hydrogens (primary N) is 1. The van der Waals surface area contributed by atoms with Gasteiger partial charge in [0.1, 0.15) is 0 Å². The SMILES string of the molecule is CCC(CC)(CN)NC(=O)CNC(=O)c1ccccc1.Cl. The summed E-state index contributed by atoms with van der Waals surface area (Å²) in [4.78, 5) is 23.7. The fraction of sp³-hybridized carbons (Fsp3) is 0.467. The van der Waals surface area contributed by atoms with E-state index < -0.39 is 0 Å². The summed E-state index contributed by atoms with van der Waals surface area (Å²) in [6, 6.07) is 8.80. The fourth-order valence-electron chi connectivity index (χ4n) is 1.96. The number of nitrogens with one attached hydrogen (secondary N) is 2. The Labute approximate surface area is 132 Å². The molecule has 0 aromatic heterocycles. The van der Waals surface area contributed by atoms with Crippen LogP contribution < -0.4 is 16.4 Å². The summed E-state index contributed by atoms with van der Waals surface area (Å²) >= 11 is 0. The molecule has 0 radical (unpaired) electrons. The molecule has 0 aliphatic heterocycles. The summed E-state index contributed by atoms with van der Waals surface area (Å²) in [5.41, 5.74) is 5.88. The molecule has 0 saturated carbocycles. The molecule has 0 atom stereocenters. The summed E-state index contributed by atoms with van der Waals surface area (Å²) < 4.78 is 0. The lowest BCUT2D eigenvalue weighted by Crippen LogP contribution is -2.55. The van der Waals surface area contributed by atoms with Crippen LogP contribution >= 0.6 is 12.4 Å². The maximum atomic E-state index is 11.9. The molecule has 0 spiro atoms. The topological polar surface area (TPSA) is 84.2 Å². The number of benzene rings is 1. The zero-order valence-corrected chi connectivity index (χ0v) is 13.3. The van der Waals surface area contributed by atoms with Crippen molar-refractivity contribution in [3.8, 4) is 0 Å². The quantitative estimate of drug-likeness (QED) is 0.712. The third-order valence-corrected chi connectivity index (χ3v) is 3.59. The van der Waals surface area contributed by atoms with Crippen LogP contribution in [0.5, 0.6) is 0 Å². The summed E-state index contributed by atoms with van der Waals surface area (Å²) in [7, 11) is 0. The van der Waals surface area contributed by atoms with Crippen molar-refractivity contribution >= 4 is 24.2 Å². The molecule has 5 nitrogen and oxygen atoms in total. The van der Waals surface area contributed by atoms with Gasteiger partial charge in [-0.1, -0.05) is 32.0 Å². The number of hydrogen-bond acceptors (Lipinski definition) is 3. The van der Waals surface area contributed by atoms with E-state index in [1.54, 1.807) is 24.3 Å². The lowest BCUT2D eigenvalue weighted by atomic mass is 9.93. The summed E-state index contributed by atoms with van der Waals surface area (Å²) in [6.45, 7) is 4.31. The Morgan fingerprint density at radius 3 is 2.19 bits per heavy atom. The molecule has 1 rings (SSSR count). The highest BCUT2D eigenvalue weighted by Crippen LogP contribution is 2.12. The van der Waals surface area contributed by atoms with Gasteiger partial charge in [-0.2, -0.15) is 0 Å². The van der Waals surface area contributed by atoms with Crippen molar-refractivity contribution in [3.63, 3.8) is 0 Å². The van der Waals surface area contributed by atoms with Crippen molar-refractivity contribution in [3.05, 3.63) is 35.9 Å². The van der Waals surface area contributed by atoms with Gasteiger partial charge in [0.15, 0.2) is 0 Å². The van der Waals surface area contributed by atoms with Crippen LogP contribution in [0.3, 0.4) is 0 Å². The van der Waals surface area contributed by atoms with E-state index in [0.717, 1.165) is 12.8 Å². The van der Waals surface area contributed by atoms with E-state index in [0.29, 0.717) is 12.1 Å². The molecule has 0 aliphatic rings. The molecule has 1 aromatic rings. The van der Waals surface area contributed by atoms with Crippen molar-refractivity contribution in [1.82, 2.24) is 10.6 Å². The highest BCUT2D eigenvalue weighted by atomic mass is 35.5. The number of halogens is 1. The van der Waals surface area contributed by atoms with Crippen molar-refractivity contribution in [1.29, 1.82) is 0 Å². The summed E-state index contributed by atoms with van der Waals surface area (Å²) in [6.07, 6.45) is 1.52. The number of carbonyl (C=O) groups is 2. The van der Waals surface area contributed by atoms with Crippen LogP contribution in [-0.2, 0) is 4.79 Å². The van der Waals surface area contributed by atoms with Gasteiger partial charge in [0.2, 0.25) is 5.91 Å². The van der Waals surface area contributed by atoms with Crippen molar-refractivity contribution in [2.24, 2.45) is 5.73 Å². The molecular formula is C15H24ClN3O2. The molecule has 0 aliphatic carbocycles. The van der Waals surface area contributed by atoms with E-state index >= 15 is 0 Å². The number of amides is 2. The zero-order chi connectivity index (χ0) is 15.0. The van der Waals surface area contributed by atoms with Crippen LogP contribution in [0.15, 0.2) is 30.3 Å². The van der Waals surface area contributed by atoms with Gasteiger partial charge in [0, 0.05) is 12.1 Å².